The van der Waals surface area contributed by atoms with E-state index < -0.39 is 22.8 Å². The van der Waals surface area contributed by atoms with Gasteiger partial charge in [0, 0.05) is 24.4 Å². The van der Waals surface area contributed by atoms with E-state index in [0.717, 1.165) is 30.2 Å². The van der Waals surface area contributed by atoms with Crippen molar-refractivity contribution < 1.29 is 18.3 Å². The second-order valence-electron chi connectivity index (χ2n) is 7.89. The maximum absolute atomic E-state index is 14.5. The minimum Gasteiger partial charge on any atom is -0.484 e. The van der Waals surface area contributed by atoms with Crippen LogP contribution in [-0.4, -0.2) is 29.6 Å². The summed E-state index contributed by atoms with van der Waals surface area (Å²) in [6.07, 6.45) is 7.29. The highest BCUT2D eigenvalue weighted by Crippen LogP contribution is 2.59. The number of methoxy groups -OCH3 is 1. The molecule has 1 saturated carbocycles. The number of halogens is 2. The zero-order valence-corrected chi connectivity index (χ0v) is 16.0. The minimum absolute atomic E-state index is 0.118. The summed E-state index contributed by atoms with van der Waals surface area (Å²) in [4.78, 5) is 8.52. The summed E-state index contributed by atoms with van der Waals surface area (Å²) in [5.41, 5.74) is 6.25. The molecule has 0 bridgehead atoms. The van der Waals surface area contributed by atoms with Crippen molar-refractivity contribution in [2.75, 3.05) is 7.11 Å². The molecule has 3 aliphatic rings. The first-order chi connectivity index (χ1) is 14.0. The lowest BCUT2D eigenvalue weighted by Gasteiger charge is -2.43. The normalized spacial score (nSPS) is 30.2. The zero-order chi connectivity index (χ0) is 20.2. The van der Waals surface area contributed by atoms with E-state index in [1.165, 1.54) is 12.1 Å². The number of aromatic nitrogens is 1. The molecule has 2 aromatic rings. The lowest BCUT2D eigenvalue weighted by molar-refractivity contribution is -0.0426. The highest BCUT2D eigenvalue weighted by Gasteiger charge is 2.62. The van der Waals surface area contributed by atoms with Gasteiger partial charge in [0.2, 0.25) is 0 Å². The number of amidine groups is 1. The van der Waals surface area contributed by atoms with Crippen LogP contribution in [0.1, 0.15) is 31.2 Å². The number of rotatable bonds is 2. The Bertz CT molecular complexity index is 1020. The molecule has 1 aromatic carbocycles. The molecule has 1 unspecified atom stereocenters. The zero-order valence-electron chi connectivity index (χ0n) is 16.0. The summed E-state index contributed by atoms with van der Waals surface area (Å²) in [6.45, 7) is 0. The fraction of sp³-hybridized carbons (Fsp3) is 0.364. The summed E-state index contributed by atoms with van der Waals surface area (Å²) in [7, 11) is 1.70. The highest BCUT2D eigenvalue weighted by molar-refractivity contribution is 5.98. The first-order valence-corrected chi connectivity index (χ1v) is 9.68. The summed E-state index contributed by atoms with van der Waals surface area (Å²) in [5, 5.41) is 0. The van der Waals surface area contributed by atoms with E-state index in [1.807, 2.05) is 18.2 Å². The molecule has 2 aliphatic heterocycles. The van der Waals surface area contributed by atoms with Gasteiger partial charge >= 0.3 is 0 Å². The van der Waals surface area contributed by atoms with Crippen molar-refractivity contribution in [2.24, 2.45) is 10.7 Å². The van der Waals surface area contributed by atoms with E-state index in [9.17, 15) is 8.78 Å². The number of hydrogen-bond donors (Lipinski definition) is 1. The molecule has 7 heteroatoms. The van der Waals surface area contributed by atoms with Crippen LogP contribution in [0.5, 0.6) is 5.75 Å². The van der Waals surface area contributed by atoms with Gasteiger partial charge in [-0.3, -0.25) is 4.98 Å². The van der Waals surface area contributed by atoms with Gasteiger partial charge in [-0.05, 0) is 55.5 Å². The third-order valence-electron chi connectivity index (χ3n) is 6.38. The fourth-order valence-electron chi connectivity index (χ4n) is 4.88. The minimum atomic E-state index is -1.04. The van der Waals surface area contributed by atoms with Crippen LogP contribution in [-0.2, 0) is 10.3 Å². The molecule has 2 N–H and O–H groups in total. The van der Waals surface area contributed by atoms with E-state index in [2.05, 4.69) is 9.98 Å². The van der Waals surface area contributed by atoms with Crippen LogP contribution < -0.4 is 10.5 Å². The maximum atomic E-state index is 14.5. The first kappa shape index (κ1) is 18.2. The Balaban J connectivity index is 1.65. The van der Waals surface area contributed by atoms with Gasteiger partial charge in [-0.1, -0.05) is 6.07 Å². The summed E-state index contributed by atoms with van der Waals surface area (Å²) < 4.78 is 40.2. The quantitative estimate of drug-likeness (QED) is 0.831. The van der Waals surface area contributed by atoms with Gasteiger partial charge in [0.1, 0.15) is 17.2 Å². The van der Waals surface area contributed by atoms with Crippen molar-refractivity contribution in [1.29, 1.82) is 0 Å². The largest absolute Gasteiger partial charge is 0.484 e. The number of nitrogens with two attached hydrogens (primary N) is 1. The van der Waals surface area contributed by atoms with Gasteiger partial charge in [-0.15, -0.1) is 0 Å². The fourth-order valence-corrected chi connectivity index (χ4v) is 4.88. The second-order valence-corrected chi connectivity index (χ2v) is 7.89. The van der Waals surface area contributed by atoms with Crippen molar-refractivity contribution in [3.05, 3.63) is 59.9 Å². The molecule has 5 rings (SSSR count). The summed E-state index contributed by atoms with van der Waals surface area (Å²) in [5.74, 6) is -0.422. The number of aliphatic imine (C=N–C) groups is 1. The van der Waals surface area contributed by atoms with Crippen molar-refractivity contribution in [2.45, 2.75) is 42.9 Å². The molecule has 1 aliphatic carbocycles. The molecule has 2 spiro atoms. The Morgan fingerprint density at radius 3 is 2.59 bits per heavy atom. The summed E-state index contributed by atoms with van der Waals surface area (Å²) in [6, 6.07) is 6.99. The van der Waals surface area contributed by atoms with Gasteiger partial charge in [0.15, 0.2) is 17.2 Å². The van der Waals surface area contributed by atoms with Gasteiger partial charge in [-0.25, -0.2) is 13.8 Å². The third kappa shape index (κ3) is 2.60. The number of ether oxygens (including phenoxy) is 2. The Morgan fingerprint density at radius 1 is 1.14 bits per heavy atom. The van der Waals surface area contributed by atoms with Crippen LogP contribution in [0.25, 0.3) is 11.1 Å². The average Bonchev–Trinajstić information content (AvgIpc) is 3.16. The Labute approximate surface area is 167 Å². The van der Waals surface area contributed by atoms with E-state index in [0.29, 0.717) is 24.2 Å². The monoisotopic (exact) mass is 397 g/mol. The maximum Gasteiger partial charge on any atom is 0.163 e. The van der Waals surface area contributed by atoms with Crippen LogP contribution in [0.2, 0.25) is 0 Å². The molecule has 0 radical (unpaired) electrons. The van der Waals surface area contributed by atoms with Crippen molar-refractivity contribution >= 4 is 5.84 Å². The van der Waals surface area contributed by atoms with Gasteiger partial charge < -0.3 is 15.2 Å². The summed E-state index contributed by atoms with van der Waals surface area (Å²) >= 11 is 0. The molecule has 29 heavy (non-hydrogen) atoms. The van der Waals surface area contributed by atoms with E-state index in [4.69, 9.17) is 15.2 Å². The molecule has 3 heterocycles. The lowest BCUT2D eigenvalue weighted by atomic mass is 9.68. The lowest BCUT2D eigenvalue weighted by Crippen LogP contribution is -2.52. The first-order valence-electron chi connectivity index (χ1n) is 9.68. The van der Waals surface area contributed by atoms with Gasteiger partial charge in [0.25, 0.3) is 0 Å². The van der Waals surface area contributed by atoms with E-state index in [-0.39, 0.29) is 11.9 Å². The molecule has 1 aromatic heterocycles. The van der Waals surface area contributed by atoms with Crippen LogP contribution >= 0.6 is 0 Å². The molecule has 0 saturated heterocycles. The van der Waals surface area contributed by atoms with Crippen LogP contribution in [0.3, 0.4) is 0 Å². The van der Waals surface area contributed by atoms with Gasteiger partial charge in [-0.2, -0.15) is 0 Å². The van der Waals surface area contributed by atoms with Crippen LogP contribution in [0, 0.1) is 5.82 Å². The topological polar surface area (TPSA) is 69.7 Å². The van der Waals surface area contributed by atoms with E-state index >= 15 is 0 Å². The molecule has 1 atom stereocenters. The van der Waals surface area contributed by atoms with Crippen LogP contribution in [0.4, 0.5) is 8.78 Å². The Morgan fingerprint density at radius 2 is 1.93 bits per heavy atom. The van der Waals surface area contributed by atoms with Crippen LogP contribution in [0.15, 0.2) is 53.6 Å². The number of fused-ring (bicyclic) bond motifs is 3. The third-order valence-corrected chi connectivity index (χ3v) is 6.38. The predicted molar refractivity (Wildman–Crippen MR) is 105 cm³/mol. The van der Waals surface area contributed by atoms with Crippen molar-refractivity contribution in [1.82, 2.24) is 4.98 Å². The molecule has 5 nitrogen and oxygen atoms in total. The molecule has 0 amide bonds. The smallest absolute Gasteiger partial charge is 0.163 e. The molecular weight excluding hydrogens is 376 g/mol. The Kier molecular flexibility index (Phi) is 4.00. The molecular formula is C22H21F2N3O2. The van der Waals surface area contributed by atoms with E-state index in [1.54, 1.807) is 13.3 Å². The predicted octanol–water partition coefficient (Wildman–Crippen LogP) is 4.03. The highest BCUT2D eigenvalue weighted by atomic mass is 19.1. The SMILES string of the molecule is COC1CCC2(CC1)Oc1ccc(-c3cncc(F)c3)cc1C21C=C(F)C(N)=N1. The molecule has 1 fully saturated rings. The standard InChI is InChI=1S/C22H21F2N3O2/c1-28-16-4-6-21(7-5-16)22(10-18(24)20(25)27-22)17-9-13(2-3-19(17)29-21)14-8-15(23)12-26-11-14/h2-3,8-12,16H,4-7H2,1H3,(H2,25,27). The Hall–Kier alpha value is -2.80. The number of benzene rings is 1. The van der Waals surface area contributed by atoms with Gasteiger partial charge in [0.05, 0.1) is 12.3 Å². The number of hydrogen-bond acceptors (Lipinski definition) is 5. The number of pyridine rings is 1. The average molecular weight is 397 g/mol. The van der Waals surface area contributed by atoms with Crippen molar-refractivity contribution in [3.8, 4) is 16.9 Å². The number of nitrogens with zero attached hydrogens (tertiary/aromatic N) is 2. The molecule has 150 valence electrons. The van der Waals surface area contributed by atoms with Crippen molar-refractivity contribution in [3.63, 3.8) is 0 Å². The second kappa shape index (κ2) is 6.35.